The minimum absolute atomic E-state index is 0. The molecule has 0 aromatic carbocycles. The van der Waals surface area contributed by atoms with E-state index in [1.54, 1.807) is 6.92 Å². The van der Waals surface area contributed by atoms with Gasteiger partial charge in [-0.1, -0.05) is 0 Å². The molecule has 46 valence electrons. The molecule has 0 aliphatic rings. The van der Waals surface area contributed by atoms with Crippen molar-refractivity contribution in [2.24, 2.45) is 11.5 Å². The van der Waals surface area contributed by atoms with Crippen molar-refractivity contribution >= 4 is 0 Å². The van der Waals surface area contributed by atoms with Crippen molar-refractivity contribution in [3.8, 4) is 0 Å². The Labute approximate surface area is 73.2 Å². The first kappa shape index (κ1) is 11.6. The van der Waals surface area contributed by atoms with Gasteiger partial charge in [0, 0.05) is 12.6 Å². The van der Waals surface area contributed by atoms with Crippen LogP contribution in [0.5, 0.6) is 0 Å². The molecule has 8 heavy (non-hydrogen) atoms. The normalized spacial score (nSPS) is 16.5. The van der Waals surface area contributed by atoms with Gasteiger partial charge in [0.05, 0.1) is 6.10 Å². The predicted octanol–water partition coefficient (Wildman–Crippen LogP) is -4.23. The molecular weight excluding hydrogens is 115 g/mol. The monoisotopic (exact) mass is 128 g/mol. The summed E-state index contributed by atoms with van der Waals surface area (Å²) in [5, 5.41) is 8.62. The molecule has 0 saturated carbocycles. The predicted molar refractivity (Wildman–Crippen MR) is 29.8 cm³/mol. The standard InChI is InChI=1S/C4H12N2O.Na.H/c1-3(7)4(6)2-5;;/h3-4,7H,2,5-6H2,1H3;;/q;+1;-1. The van der Waals surface area contributed by atoms with Gasteiger partial charge < -0.3 is 18.0 Å². The van der Waals surface area contributed by atoms with Crippen molar-refractivity contribution in [2.75, 3.05) is 6.54 Å². The van der Waals surface area contributed by atoms with E-state index in [2.05, 4.69) is 0 Å². The molecule has 0 aromatic rings. The molecule has 0 rings (SSSR count). The molecule has 0 spiro atoms. The Hall–Kier alpha value is 0.880. The van der Waals surface area contributed by atoms with Crippen LogP contribution in [0.25, 0.3) is 0 Å². The summed E-state index contributed by atoms with van der Waals surface area (Å²) >= 11 is 0. The topological polar surface area (TPSA) is 72.3 Å². The number of aliphatic hydroxyl groups excluding tert-OH is 1. The van der Waals surface area contributed by atoms with Crippen LogP contribution in [0.1, 0.15) is 8.35 Å². The zero-order chi connectivity index (χ0) is 5.86. The SMILES string of the molecule is CC(O)C(N)CN.[H-].[Na+]. The summed E-state index contributed by atoms with van der Waals surface area (Å²) < 4.78 is 0. The van der Waals surface area contributed by atoms with Crippen LogP contribution in [0.15, 0.2) is 0 Å². The van der Waals surface area contributed by atoms with E-state index in [9.17, 15) is 0 Å². The van der Waals surface area contributed by atoms with E-state index in [1.807, 2.05) is 0 Å². The minimum Gasteiger partial charge on any atom is -1.00 e. The molecular formula is C4H13N2NaO. The molecule has 3 nitrogen and oxygen atoms in total. The Morgan fingerprint density at radius 2 is 2.12 bits per heavy atom. The molecule has 0 fully saturated rings. The van der Waals surface area contributed by atoms with E-state index in [4.69, 9.17) is 16.6 Å². The second-order valence-electron chi connectivity index (χ2n) is 1.64. The summed E-state index contributed by atoms with van der Waals surface area (Å²) in [6, 6.07) is -0.264. The number of hydrogen-bond donors (Lipinski definition) is 3. The molecule has 0 amide bonds. The van der Waals surface area contributed by atoms with E-state index in [1.165, 1.54) is 0 Å². The van der Waals surface area contributed by atoms with Crippen LogP contribution in [-0.2, 0) is 0 Å². The number of hydrogen-bond acceptors (Lipinski definition) is 3. The Kier molecular flexibility index (Phi) is 8.75. The van der Waals surface area contributed by atoms with Gasteiger partial charge in [-0.3, -0.25) is 0 Å². The third-order valence-electron chi connectivity index (χ3n) is 0.892. The van der Waals surface area contributed by atoms with Crippen molar-refractivity contribution in [1.29, 1.82) is 0 Å². The number of aliphatic hydroxyl groups is 1. The van der Waals surface area contributed by atoms with Crippen molar-refractivity contribution < 1.29 is 36.1 Å². The van der Waals surface area contributed by atoms with Gasteiger partial charge in [0.2, 0.25) is 0 Å². The van der Waals surface area contributed by atoms with E-state index < -0.39 is 6.10 Å². The quantitative estimate of drug-likeness (QED) is 0.330. The Morgan fingerprint density at radius 1 is 1.75 bits per heavy atom. The average molecular weight is 128 g/mol. The maximum Gasteiger partial charge on any atom is 1.00 e. The van der Waals surface area contributed by atoms with Crippen molar-refractivity contribution in [2.45, 2.75) is 19.1 Å². The van der Waals surface area contributed by atoms with Gasteiger partial charge in [-0.15, -0.1) is 0 Å². The largest absolute Gasteiger partial charge is 1.00 e. The van der Waals surface area contributed by atoms with Gasteiger partial charge in [0.15, 0.2) is 0 Å². The minimum atomic E-state index is -0.481. The first-order valence-electron chi connectivity index (χ1n) is 2.32. The summed E-state index contributed by atoms with van der Waals surface area (Å²) in [4.78, 5) is 0. The molecule has 2 atom stereocenters. The van der Waals surface area contributed by atoms with Crippen molar-refractivity contribution in [1.82, 2.24) is 0 Å². The van der Waals surface area contributed by atoms with Gasteiger partial charge in [-0.25, -0.2) is 0 Å². The summed E-state index contributed by atoms with van der Waals surface area (Å²) in [6.07, 6.45) is -0.481. The second kappa shape index (κ2) is 6.01. The molecule has 4 heteroatoms. The van der Waals surface area contributed by atoms with Gasteiger partial charge in [0.1, 0.15) is 0 Å². The summed E-state index contributed by atoms with van der Waals surface area (Å²) in [5.41, 5.74) is 10.3. The molecule has 5 N–H and O–H groups in total. The Morgan fingerprint density at radius 3 is 2.12 bits per heavy atom. The molecule has 0 aliphatic carbocycles. The third kappa shape index (κ3) is 5.03. The van der Waals surface area contributed by atoms with Crippen LogP contribution in [-0.4, -0.2) is 23.8 Å². The summed E-state index contributed by atoms with van der Waals surface area (Å²) in [7, 11) is 0. The number of nitrogens with two attached hydrogens (primary N) is 2. The fourth-order valence-electron chi connectivity index (χ4n) is 0.197. The maximum absolute atomic E-state index is 8.62. The fourth-order valence-corrected chi connectivity index (χ4v) is 0.197. The molecule has 0 heterocycles. The van der Waals surface area contributed by atoms with Gasteiger partial charge in [-0.05, 0) is 6.92 Å². The zero-order valence-corrected chi connectivity index (χ0v) is 7.46. The van der Waals surface area contributed by atoms with E-state index >= 15 is 0 Å². The smallest absolute Gasteiger partial charge is 1.00 e. The van der Waals surface area contributed by atoms with Crippen LogP contribution in [0.4, 0.5) is 0 Å². The number of rotatable bonds is 2. The Balaban J connectivity index is -0.000000180. The van der Waals surface area contributed by atoms with E-state index in [0.29, 0.717) is 6.54 Å². The summed E-state index contributed by atoms with van der Waals surface area (Å²) in [5.74, 6) is 0. The van der Waals surface area contributed by atoms with E-state index in [0.717, 1.165) is 0 Å². The molecule has 0 aromatic heterocycles. The fraction of sp³-hybridized carbons (Fsp3) is 1.00. The first-order valence-corrected chi connectivity index (χ1v) is 2.32. The van der Waals surface area contributed by atoms with Crippen molar-refractivity contribution in [3.05, 3.63) is 0 Å². The average Bonchev–Trinajstić information content (AvgIpc) is 1.65. The second-order valence-corrected chi connectivity index (χ2v) is 1.64. The first-order chi connectivity index (χ1) is 3.18. The van der Waals surface area contributed by atoms with Gasteiger partial charge >= 0.3 is 29.6 Å². The van der Waals surface area contributed by atoms with Crippen LogP contribution in [0.2, 0.25) is 0 Å². The summed E-state index contributed by atoms with van der Waals surface area (Å²) in [6.45, 7) is 1.97. The Bertz CT molecular complexity index is 55.8. The van der Waals surface area contributed by atoms with Crippen LogP contribution in [0, 0.1) is 0 Å². The maximum atomic E-state index is 8.62. The molecule has 0 saturated heterocycles. The molecule has 0 radical (unpaired) electrons. The molecule has 2 unspecified atom stereocenters. The van der Waals surface area contributed by atoms with Crippen molar-refractivity contribution in [3.63, 3.8) is 0 Å². The van der Waals surface area contributed by atoms with Gasteiger partial charge in [-0.2, -0.15) is 0 Å². The molecule has 0 aliphatic heterocycles. The van der Waals surface area contributed by atoms with Gasteiger partial charge in [0.25, 0.3) is 0 Å². The van der Waals surface area contributed by atoms with Crippen LogP contribution < -0.4 is 41.0 Å². The molecule has 0 bridgehead atoms. The zero-order valence-electron chi connectivity index (χ0n) is 6.46. The third-order valence-corrected chi connectivity index (χ3v) is 0.892. The van der Waals surface area contributed by atoms with Crippen LogP contribution >= 0.6 is 0 Å². The van der Waals surface area contributed by atoms with Crippen LogP contribution in [0.3, 0.4) is 0 Å². The van der Waals surface area contributed by atoms with E-state index in [-0.39, 0.29) is 37.0 Å².